The van der Waals surface area contributed by atoms with E-state index in [0.717, 1.165) is 22.0 Å². The van der Waals surface area contributed by atoms with E-state index in [4.69, 9.17) is 0 Å². The summed E-state index contributed by atoms with van der Waals surface area (Å²) in [5.74, 6) is -0.564. The number of hydrogen-bond donors (Lipinski definition) is 1. The van der Waals surface area contributed by atoms with Crippen molar-refractivity contribution in [3.63, 3.8) is 0 Å². The number of aryl methyl sites for hydroxylation is 2. The highest BCUT2D eigenvalue weighted by molar-refractivity contribution is 9.10. The van der Waals surface area contributed by atoms with Crippen LogP contribution in [-0.2, 0) is 13.0 Å². The number of nitrogens with zero attached hydrogens (tertiary/aromatic N) is 4. The maximum atomic E-state index is 12.4. The van der Waals surface area contributed by atoms with E-state index in [2.05, 4.69) is 47.1 Å². The van der Waals surface area contributed by atoms with Crippen molar-refractivity contribution in [1.29, 1.82) is 0 Å². The lowest BCUT2D eigenvalue weighted by Crippen LogP contribution is -2.00. The number of aromatic nitrogens is 2. The SMILES string of the molecule is O=C(N=Nc1c(O)n(CCc2ccccc2)c2ccc(Br)cc12)c1cncc(Br)c1. The van der Waals surface area contributed by atoms with Crippen LogP contribution in [0.4, 0.5) is 5.69 Å². The van der Waals surface area contributed by atoms with E-state index in [1.807, 2.05) is 48.5 Å². The van der Waals surface area contributed by atoms with E-state index in [9.17, 15) is 9.90 Å². The summed E-state index contributed by atoms with van der Waals surface area (Å²) in [6.07, 6.45) is 3.75. The summed E-state index contributed by atoms with van der Waals surface area (Å²) >= 11 is 6.74. The summed E-state index contributed by atoms with van der Waals surface area (Å²) in [5.41, 5.74) is 2.55. The van der Waals surface area contributed by atoms with Gasteiger partial charge < -0.3 is 9.67 Å². The highest BCUT2D eigenvalue weighted by Crippen LogP contribution is 2.40. The molecule has 2 aromatic carbocycles. The van der Waals surface area contributed by atoms with Crippen molar-refractivity contribution in [2.45, 2.75) is 13.0 Å². The van der Waals surface area contributed by atoms with Crippen LogP contribution in [0.1, 0.15) is 15.9 Å². The summed E-state index contributed by atoms with van der Waals surface area (Å²) in [6.45, 7) is 0.562. The summed E-state index contributed by atoms with van der Waals surface area (Å²) in [4.78, 5) is 16.4. The highest BCUT2D eigenvalue weighted by atomic mass is 79.9. The Morgan fingerprint density at radius 2 is 1.83 bits per heavy atom. The molecule has 30 heavy (non-hydrogen) atoms. The molecule has 0 unspecified atom stereocenters. The van der Waals surface area contributed by atoms with Crippen molar-refractivity contribution in [1.82, 2.24) is 9.55 Å². The number of amides is 1. The first-order chi connectivity index (χ1) is 14.5. The van der Waals surface area contributed by atoms with Gasteiger partial charge in [0.25, 0.3) is 5.91 Å². The number of halogens is 2. The van der Waals surface area contributed by atoms with Crippen molar-refractivity contribution in [2.75, 3.05) is 0 Å². The van der Waals surface area contributed by atoms with Gasteiger partial charge in [-0.2, -0.15) is 0 Å². The minimum absolute atomic E-state index is 0.0250. The molecule has 0 fully saturated rings. The molecule has 0 saturated heterocycles. The lowest BCUT2D eigenvalue weighted by atomic mass is 10.1. The second-order valence-corrected chi connectivity index (χ2v) is 8.45. The number of hydrogen-bond acceptors (Lipinski definition) is 4. The van der Waals surface area contributed by atoms with Crippen LogP contribution in [-0.4, -0.2) is 20.6 Å². The molecule has 0 atom stereocenters. The third kappa shape index (κ3) is 4.34. The number of pyridine rings is 1. The van der Waals surface area contributed by atoms with Gasteiger partial charge in [-0.15, -0.1) is 10.2 Å². The highest BCUT2D eigenvalue weighted by Gasteiger charge is 2.18. The van der Waals surface area contributed by atoms with E-state index < -0.39 is 5.91 Å². The number of fused-ring (bicyclic) bond motifs is 1. The van der Waals surface area contributed by atoms with E-state index in [0.29, 0.717) is 22.0 Å². The van der Waals surface area contributed by atoms with Gasteiger partial charge in [0.05, 0.1) is 11.1 Å². The maximum absolute atomic E-state index is 12.4. The zero-order valence-electron chi connectivity index (χ0n) is 15.7. The Morgan fingerprint density at radius 1 is 1.03 bits per heavy atom. The maximum Gasteiger partial charge on any atom is 0.297 e. The zero-order valence-corrected chi connectivity index (χ0v) is 18.8. The fourth-order valence-electron chi connectivity index (χ4n) is 3.19. The molecular weight excluding hydrogens is 512 g/mol. The standard InChI is InChI=1S/C22H16Br2N4O2/c23-16-6-7-19-18(11-16)20(26-27-21(29)15-10-17(24)13-25-12-15)22(30)28(19)9-8-14-4-2-1-3-5-14/h1-7,10-13,30H,8-9H2. The second kappa shape index (κ2) is 8.89. The Kier molecular flexibility index (Phi) is 6.06. The second-order valence-electron chi connectivity index (χ2n) is 6.62. The molecule has 2 heterocycles. The molecule has 4 rings (SSSR count). The fraction of sp³-hybridized carbons (Fsp3) is 0.0909. The molecule has 0 radical (unpaired) electrons. The predicted octanol–water partition coefficient (Wildman–Crippen LogP) is 6.43. The number of aromatic hydroxyl groups is 1. The molecule has 4 aromatic rings. The fourth-order valence-corrected chi connectivity index (χ4v) is 3.91. The number of benzene rings is 2. The lowest BCUT2D eigenvalue weighted by Gasteiger charge is -2.07. The normalized spacial score (nSPS) is 11.4. The van der Waals surface area contributed by atoms with Crippen molar-refractivity contribution >= 4 is 54.4 Å². The quantitative estimate of drug-likeness (QED) is 0.303. The Balaban J connectivity index is 1.69. The van der Waals surface area contributed by atoms with Gasteiger partial charge in [-0.25, -0.2) is 0 Å². The summed E-state index contributed by atoms with van der Waals surface area (Å²) in [6, 6.07) is 17.3. The average molecular weight is 528 g/mol. The van der Waals surface area contributed by atoms with Gasteiger partial charge in [0.15, 0.2) is 5.69 Å². The molecule has 2 aromatic heterocycles. The van der Waals surface area contributed by atoms with E-state index >= 15 is 0 Å². The van der Waals surface area contributed by atoms with Gasteiger partial charge in [-0.05, 0) is 52.2 Å². The largest absolute Gasteiger partial charge is 0.493 e. The van der Waals surface area contributed by atoms with Crippen LogP contribution in [0.25, 0.3) is 10.9 Å². The van der Waals surface area contributed by atoms with Gasteiger partial charge in [-0.1, -0.05) is 46.3 Å². The third-order valence-corrected chi connectivity index (χ3v) is 5.56. The van der Waals surface area contributed by atoms with E-state index in [1.54, 1.807) is 16.8 Å². The molecule has 0 aliphatic carbocycles. The predicted molar refractivity (Wildman–Crippen MR) is 122 cm³/mol. The summed E-state index contributed by atoms with van der Waals surface area (Å²) < 4.78 is 3.30. The van der Waals surface area contributed by atoms with Crippen LogP contribution in [0.3, 0.4) is 0 Å². The van der Waals surface area contributed by atoms with Crippen molar-refractivity contribution in [3.8, 4) is 5.88 Å². The van der Waals surface area contributed by atoms with E-state index in [1.165, 1.54) is 6.20 Å². The number of carbonyl (C=O) groups is 1. The first-order valence-electron chi connectivity index (χ1n) is 9.14. The molecule has 0 aliphatic heterocycles. The molecule has 0 aliphatic rings. The van der Waals surface area contributed by atoms with Crippen LogP contribution < -0.4 is 0 Å². The van der Waals surface area contributed by atoms with Crippen LogP contribution in [0, 0.1) is 0 Å². The molecule has 1 amide bonds. The molecule has 150 valence electrons. The van der Waals surface area contributed by atoms with Gasteiger partial charge in [0.1, 0.15) is 0 Å². The van der Waals surface area contributed by atoms with Crippen molar-refractivity contribution in [3.05, 3.63) is 87.1 Å². The molecule has 6 nitrogen and oxygen atoms in total. The van der Waals surface area contributed by atoms with Crippen LogP contribution in [0.5, 0.6) is 5.88 Å². The molecule has 1 N–H and O–H groups in total. The molecule has 0 spiro atoms. The molecule has 0 saturated carbocycles. The molecule has 8 heteroatoms. The van der Waals surface area contributed by atoms with Crippen LogP contribution in [0.15, 0.2) is 86.2 Å². The Hall–Kier alpha value is -2.84. The first-order valence-corrected chi connectivity index (χ1v) is 10.7. The Morgan fingerprint density at radius 3 is 2.60 bits per heavy atom. The van der Waals surface area contributed by atoms with Gasteiger partial charge in [-0.3, -0.25) is 9.78 Å². The van der Waals surface area contributed by atoms with Gasteiger partial charge >= 0.3 is 0 Å². The minimum Gasteiger partial charge on any atom is -0.493 e. The minimum atomic E-state index is -0.539. The topological polar surface area (TPSA) is 79.8 Å². The molecule has 0 bridgehead atoms. The monoisotopic (exact) mass is 526 g/mol. The zero-order chi connectivity index (χ0) is 21.1. The van der Waals surface area contributed by atoms with Crippen LogP contribution in [0.2, 0.25) is 0 Å². The first kappa shape index (κ1) is 20.4. The Bertz CT molecular complexity index is 1250. The summed E-state index contributed by atoms with van der Waals surface area (Å²) in [7, 11) is 0. The summed E-state index contributed by atoms with van der Waals surface area (Å²) in [5, 5.41) is 19.5. The number of carbonyl (C=O) groups excluding carboxylic acids is 1. The van der Waals surface area contributed by atoms with Crippen LogP contribution >= 0.6 is 31.9 Å². The lowest BCUT2D eigenvalue weighted by molar-refractivity contribution is 0.0994. The Labute approximate surface area is 189 Å². The molecular formula is C22H16Br2N4O2. The smallest absolute Gasteiger partial charge is 0.297 e. The van der Waals surface area contributed by atoms with Gasteiger partial charge in [0.2, 0.25) is 5.88 Å². The van der Waals surface area contributed by atoms with Crippen molar-refractivity contribution in [2.24, 2.45) is 10.2 Å². The average Bonchev–Trinajstić information content (AvgIpc) is 3.01. The van der Waals surface area contributed by atoms with Gasteiger partial charge in [0, 0.05) is 33.3 Å². The number of azo groups is 1. The third-order valence-electron chi connectivity index (χ3n) is 4.63. The van der Waals surface area contributed by atoms with E-state index in [-0.39, 0.29) is 11.6 Å². The van der Waals surface area contributed by atoms with Crippen molar-refractivity contribution < 1.29 is 9.90 Å². The number of rotatable bonds is 5.